The number of carbonyl (C=O) groups is 1. The lowest BCUT2D eigenvalue weighted by atomic mass is 9.99. The highest BCUT2D eigenvalue weighted by molar-refractivity contribution is 5.79. The van der Waals surface area contributed by atoms with Crippen molar-refractivity contribution in [3.05, 3.63) is 59.7 Å². The molecule has 0 aliphatic heterocycles. The fraction of sp³-hybridized carbons (Fsp3) is 0.278. The molecular weight excluding hydrogens is 280 g/mol. The maximum absolute atomic E-state index is 12.1. The van der Waals surface area contributed by atoms with Gasteiger partial charge >= 0.3 is 5.97 Å². The average molecular weight is 300 g/mol. The number of hydrogen-bond donors (Lipinski definition) is 0. The molecule has 0 bridgehead atoms. The van der Waals surface area contributed by atoms with Gasteiger partial charge in [-0.3, -0.25) is 4.79 Å². The summed E-state index contributed by atoms with van der Waals surface area (Å²) in [6.45, 7) is 2.16. The zero-order valence-electron chi connectivity index (χ0n) is 13.0. The van der Waals surface area contributed by atoms with Crippen molar-refractivity contribution in [3.63, 3.8) is 0 Å². The molecule has 2 aromatic carbocycles. The first-order valence-electron chi connectivity index (χ1n) is 7.06. The zero-order valence-corrected chi connectivity index (χ0v) is 13.0. The lowest BCUT2D eigenvalue weighted by Crippen LogP contribution is -2.22. The molecule has 2 aromatic rings. The van der Waals surface area contributed by atoms with Crippen LogP contribution in [0, 0.1) is 6.92 Å². The number of benzene rings is 2. The van der Waals surface area contributed by atoms with Gasteiger partial charge in [0.05, 0.1) is 14.2 Å². The summed E-state index contributed by atoms with van der Waals surface area (Å²) < 4.78 is 16.1. The highest BCUT2D eigenvalue weighted by Gasteiger charge is 2.25. The Morgan fingerprint density at radius 3 is 2.27 bits per heavy atom. The third-order valence-corrected chi connectivity index (χ3v) is 3.50. The van der Waals surface area contributed by atoms with Crippen molar-refractivity contribution in [2.24, 2.45) is 0 Å². The van der Waals surface area contributed by atoms with E-state index in [1.807, 2.05) is 55.5 Å². The SMILES string of the molecule is COC(=O)C(COc1ccccc1C)c1ccccc1OC. The molecule has 1 unspecified atom stereocenters. The number of hydrogen-bond acceptors (Lipinski definition) is 4. The fourth-order valence-electron chi connectivity index (χ4n) is 2.27. The summed E-state index contributed by atoms with van der Waals surface area (Å²) in [6.07, 6.45) is 0. The topological polar surface area (TPSA) is 44.8 Å². The molecule has 0 saturated heterocycles. The van der Waals surface area contributed by atoms with Crippen LogP contribution in [0.15, 0.2) is 48.5 Å². The molecule has 1 atom stereocenters. The Morgan fingerprint density at radius 1 is 1.00 bits per heavy atom. The van der Waals surface area contributed by atoms with Gasteiger partial charge in [-0.2, -0.15) is 0 Å². The van der Waals surface area contributed by atoms with Gasteiger partial charge in [0.2, 0.25) is 0 Å². The molecule has 4 nitrogen and oxygen atoms in total. The molecule has 0 N–H and O–H groups in total. The number of carbonyl (C=O) groups excluding carboxylic acids is 1. The van der Waals surface area contributed by atoms with Crippen molar-refractivity contribution in [2.45, 2.75) is 12.8 Å². The van der Waals surface area contributed by atoms with Gasteiger partial charge in [-0.1, -0.05) is 36.4 Å². The van der Waals surface area contributed by atoms with Crippen LogP contribution in [0.1, 0.15) is 17.0 Å². The third kappa shape index (κ3) is 3.58. The van der Waals surface area contributed by atoms with Gasteiger partial charge in [0, 0.05) is 5.56 Å². The molecule has 0 aliphatic carbocycles. The largest absolute Gasteiger partial charge is 0.496 e. The van der Waals surface area contributed by atoms with E-state index < -0.39 is 5.92 Å². The van der Waals surface area contributed by atoms with Crippen molar-refractivity contribution < 1.29 is 19.0 Å². The maximum atomic E-state index is 12.1. The first-order chi connectivity index (χ1) is 10.7. The Balaban J connectivity index is 2.24. The lowest BCUT2D eigenvalue weighted by molar-refractivity contribution is -0.143. The van der Waals surface area contributed by atoms with Crippen LogP contribution in [-0.2, 0) is 9.53 Å². The average Bonchev–Trinajstić information content (AvgIpc) is 2.56. The number of esters is 1. The van der Waals surface area contributed by atoms with Gasteiger partial charge in [-0.25, -0.2) is 0 Å². The molecule has 0 spiro atoms. The van der Waals surface area contributed by atoms with Crippen molar-refractivity contribution in [2.75, 3.05) is 20.8 Å². The highest BCUT2D eigenvalue weighted by Crippen LogP contribution is 2.28. The van der Waals surface area contributed by atoms with Crippen LogP contribution in [0.3, 0.4) is 0 Å². The minimum absolute atomic E-state index is 0.192. The molecule has 0 saturated carbocycles. The minimum Gasteiger partial charge on any atom is -0.496 e. The molecule has 0 aliphatic rings. The molecule has 0 fully saturated rings. The van der Waals surface area contributed by atoms with E-state index in [1.54, 1.807) is 7.11 Å². The third-order valence-electron chi connectivity index (χ3n) is 3.50. The summed E-state index contributed by atoms with van der Waals surface area (Å²) in [5, 5.41) is 0. The van der Waals surface area contributed by atoms with E-state index in [2.05, 4.69) is 0 Å². The smallest absolute Gasteiger partial charge is 0.316 e. The second kappa shape index (κ2) is 7.50. The molecular formula is C18H20O4. The van der Waals surface area contributed by atoms with Crippen LogP contribution < -0.4 is 9.47 Å². The summed E-state index contributed by atoms with van der Waals surface area (Å²) in [7, 11) is 2.95. The van der Waals surface area contributed by atoms with Gasteiger partial charge in [0.15, 0.2) is 0 Å². The maximum Gasteiger partial charge on any atom is 0.316 e. The van der Waals surface area contributed by atoms with Crippen LogP contribution >= 0.6 is 0 Å². The molecule has 2 rings (SSSR count). The molecule has 116 valence electrons. The monoisotopic (exact) mass is 300 g/mol. The summed E-state index contributed by atoms with van der Waals surface area (Å²) in [5.41, 5.74) is 1.77. The molecule has 0 amide bonds. The predicted molar refractivity (Wildman–Crippen MR) is 84.4 cm³/mol. The highest BCUT2D eigenvalue weighted by atomic mass is 16.5. The Bertz CT molecular complexity index is 636. The van der Waals surface area contributed by atoms with Gasteiger partial charge < -0.3 is 14.2 Å². The van der Waals surface area contributed by atoms with Crippen LogP contribution in [0.25, 0.3) is 0 Å². The van der Waals surface area contributed by atoms with E-state index in [0.717, 1.165) is 16.9 Å². The Kier molecular flexibility index (Phi) is 5.42. The van der Waals surface area contributed by atoms with Crippen molar-refractivity contribution in [1.29, 1.82) is 0 Å². The van der Waals surface area contributed by atoms with Crippen LogP contribution in [-0.4, -0.2) is 26.8 Å². The van der Waals surface area contributed by atoms with Crippen molar-refractivity contribution in [3.8, 4) is 11.5 Å². The quantitative estimate of drug-likeness (QED) is 0.768. The van der Waals surface area contributed by atoms with Crippen LogP contribution in [0.5, 0.6) is 11.5 Å². The number of methoxy groups -OCH3 is 2. The number of para-hydroxylation sites is 2. The van der Waals surface area contributed by atoms with E-state index in [-0.39, 0.29) is 12.6 Å². The first-order valence-corrected chi connectivity index (χ1v) is 7.06. The standard InChI is InChI=1S/C18H20O4/c1-13-8-4-6-10-16(13)22-12-15(18(19)21-3)14-9-5-7-11-17(14)20-2/h4-11,15H,12H2,1-3H3. The zero-order chi connectivity index (χ0) is 15.9. The van der Waals surface area contributed by atoms with E-state index in [1.165, 1.54) is 7.11 Å². The Hall–Kier alpha value is -2.49. The first kappa shape index (κ1) is 15.9. The second-order valence-corrected chi connectivity index (χ2v) is 4.89. The number of rotatable bonds is 6. The molecule has 22 heavy (non-hydrogen) atoms. The fourth-order valence-corrected chi connectivity index (χ4v) is 2.27. The Labute approximate surface area is 130 Å². The summed E-state index contributed by atoms with van der Waals surface area (Å²) in [5.74, 6) is 0.511. The summed E-state index contributed by atoms with van der Waals surface area (Å²) >= 11 is 0. The van der Waals surface area contributed by atoms with Gasteiger partial charge in [-0.15, -0.1) is 0 Å². The Morgan fingerprint density at radius 2 is 1.64 bits per heavy atom. The van der Waals surface area contributed by atoms with Crippen molar-refractivity contribution >= 4 is 5.97 Å². The van der Waals surface area contributed by atoms with E-state index in [4.69, 9.17) is 14.2 Å². The van der Waals surface area contributed by atoms with Crippen LogP contribution in [0.2, 0.25) is 0 Å². The van der Waals surface area contributed by atoms with E-state index in [9.17, 15) is 4.79 Å². The normalized spacial score (nSPS) is 11.6. The van der Waals surface area contributed by atoms with Gasteiger partial charge in [0.1, 0.15) is 24.0 Å². The molecule has 0 heterocycles. The van der Waals surface area contributed by atoms with Crippen LogP contribution in [0.4, 0.5) is 0 Å². The predicted octanol–water partition coefficient (Wildman–Crippen LogP) is 3.34. The van der Waals surface area contributed by atoms with Gasteiger partial charge in [0.25, 0.3) is 0 Å². The molecule has 4 heteroatoms. The summed E-state index contributed by atoms with van der Waals surface area (Å²) in [6, 6.07) is 15.1. The molecule has 0 radical (unpaired) electrons. The second-order valence-electron chi connectivity index (χ2n) is 4.89. The number of ether oxygens (including phenoxy) is 3. The van der Waals surface area contributed by atoms with Crippen molar-refractivity contribution in [1.82, 2.24) is 0 Å². The molecule has 0 aromatic heterocycles. The van der Waals surface area contributed by atoms with E-state index in [0.29, 0.717) is 5.75 Å². The number of aryl methyl sites for hydroxylation is 1. The lowest BCUT2D eigenvalue weighted by Gasteiger charge is -2.19. The minimum atomic E-state index is -0.541. The summed E-state index contributed by atoms with van der Waals surface area (Å²) in [4.78, 5) is 12.1. The van der Waals surface area contributed by atoms with E-state index >= 15 is 0 Å². The van der Waals surface area contributed by atoms with Gasteiger partial charge in [-0.05, 0) is 24.6 Å².